The van der Waals surface area contributed by atoms with Gasteiger partial charge in [0.1, 0.15) is 5.83 Å². The predicted molar refractivity (Wildman–Crippen MR) is 59.7 cm³/mol. The molecule has 0 saturated carbocycles. The maximum absolute atomic E-state index is 14.7. The molecule has 0 bridgehead atoms. The Hall–Kier alpha value is -1.24. The van der Waals surface area contributed by atoms with Crippen LogP contribution < -0.4 is 5.73 Å². The minimum atomic E-state index is -5.33. The molecule has 2 nitrogen and oxygen atoms in total. The van der Waals surface area contributed by atoms with Crippen molar-refractivity contribution in [1.82, 2.24) is 0 Å². The fourth-order valence-corrected chi connectivity index (χ4v) is 1.95. The van der Waals surface area contributed by atoms with Gasteiger partial charge in [-0.1, -0.05) is 25.8 Å². The number of hydrogen-bond acceptors (Lipinski definition) is 2. The average molecular weight is 283 g/mol. The van der Waals surface area contributed by atoms with Crippen LogP contribution in [-0.4, -0.2) is 23.7 Å². The molecule has 0 aromatic rings. The number of hydrogen-bond donors (Lipinski definition) is 1. The van der Waals surface area contributed by atoms with Gasteiger partial charge in [-0.05, 0) is 12.5 Å². The third-order valence-corrected chi connectivity index (χ3v) is 3.01. The first-order valence-electron chi connectivity index (χ1n) is 5.79. The molecule has 0 aliphatic heterocycles. The Balaban J connectivity index is 3.26. The van der Waals surface area contributed by atoms with Crippen LogP contribution >= 0.6 is 0 Å². The van der Waals surface area contributed by atoms with E-state index in [1.165, 1.54) is 0 Å². The van der Waals surface area contributed by atoms with E-state index in [1.54, 1.807) is 6.92 Å². The van der Waals surface area contributed by atoms with E-state index in [2.05, 4.69) is 0 Å². The summed E-state index contributed by atoms with van der Waals surface area (Å²) in [4.78, 5) is 11.2. The number of halogens is 5. The number of alkyl halides is 4. The van der Waals surface area contributed by atoms with Gasteiger partial charge in [-0.2, -0.15) is 13.2 Å². The van der Waals surface area contributed by atoms with Crippen molar-refractivity contribution in [2.75, 3.05) is 0 Å². The lowest BCUT2D eigenvalue weighted by atomic mass is 9.78. The van der Waals surface area contributed by atoms with Crippen LogP contribution in [0.25, 0.3) is 0 Å². The average Bonchev–Trinajstić information content (AvgIpc) is 2.30. The van der Waals surface area contributed by atoms with Gasteiger partial charge in [-0.15, -0.1) is 0 Å². The molecule has 19 heavy (non-hydrogen) atoms. The normalized spacial score (nSPS) is 27.8. The number of unbranched alkanes of at least 4 members (excludes halogenated alkanes) is 1. The molecule has 108 valence electrons. The zero-order valence-corrected chi connectivity index (χ0v) is 10.2. The van der Waals surface area contributed by atoms with Crippen LogP contribution in [0.2, 0.25) is 0 Å². The summed E-state index contributed by atoms with van der Waals surface area (Å²) in [5.41, 5.74) is 1.08. The van der Waals surface area contributed by atoms with Crippen LogP contribution in [0, 0.1) is 0 Å². The van der Waals surface area contributed by atoms with Crippen molar-refractivity contribution in [1.29, 1.82) is 0 Å². The van der Waals surface area contributed by atoms with E-state index in [1.807, 2.05) is 0 Å². The van der Waals surface area contributed by atoms with Crippen molar-refractivity contribution in [3.63, 3.8) is 0 Å². The van der Waals surface area contributed by atoms with Gasteiger partial charge in [0.2, 0.25) is 0 Å². The zero-order valence-electron chi connectivity index (χ0n) is 10.2. The summed E-state index contributed by atoms with van der Waals surface area (Å²) in [5.74, 6) is -4.02. The second-order valence-corrected chi connectivity index (χ2v) is 4.40. The Kier molecular flexibility index (Phi) is 4.50. The summed E-state index contributed by atoms with van der Waals surface area (Å²) >= 11 is 0. The molecule has 0 spiro atoms. The summed E-state index contributed by atoms with van der Waals surface area (Å²) in [6, 6.07) is -1.47. The molecule has 1 aliphatic carbocycles. The van der Waals surface area contributed by atoms with Crippen molar-refractivity contribution in [2.45, 2.75) is 44.1 Å². The summed E-state index contributed by atoms with van der Waals surface area (Å²) < 4.78 is 65.4. The molecule has 0 saturated heterocycles. The van der Waals surface area contributed by atoms with Crippen molar-refractivity contribution in [3.8, 4) is 0 Å². The molecule has 0 heterocycles. The second kappa shape index (κ2) is 5.40. The lowest BCUT2D eigenvalue weighted by molar-refractivity contribution is -0.168. The standard InChI is InChI=1S/C12H14F5NO/c1-2-3-6-11(14)8(18)5-4-7(13)9(11)10(19)12(15,16)17/h4-5,8H,2-3,6,18H2,1H3. The molecule has 0 aromatic heterocycles. The van der Waals surface area contributed by atoms with Gasteiger partial charge in [-0.3, -0.25) is 4.79 Å². The maximum atomic E-state index is 14.7. The van der Waals surface area contributed by atoms with Crippen LogP contribution in [0.4, 0.5) is 22.0 Å². The second-order valence-electron chi connectivity index (χ2n) is 4.40. The fraction of sp³-hybridized carbons (Fsp3) is 0.583. The van der Waals surface area contributed by atoms with Crippen molar-refractivity contribution < 1.29 is 26.7 Å². The number of nitrogens with two attached hydrogens (primary N) is 1. The number of rotatable bonds is 4. The van der Waals surface area contributed by atoms with Gasteiger partial charge >= 0.3 is 6.18 Å². The number of ketones is 1. The Morgan fingerprint density at radius 1 is 1.47 bits per heavy atom. The molecule has 0 amide bonds. The monoisotopic (exact) mass is 283 g/mol. The Labute approximate surface area is 107 Å². The summed E-state index contributed by atoms with van der Waals surface area (Å²) in [7, 11) is 0. The Morgan fingerprint density at radius 3 is 2.53 bits per heavy atom. The first-order valence-corrected chi connectivity index (χ1v) is 5.79. The first-order chi connectivity index (χ1) is 8.64. The zero-order chi connectivity index (χ0) is 14.8. The van der Waals surface area contributed by atoms with Crippen molar-refractivity contribution >= 4 is 5.78 Å². The highest BCUT2D eigenvalue weighted by Gasteiger charge is 2.53. The first kappa shape index (κ1) is 15.8. The van der Waals surface area contributed by atoms with E-state index in [0.717, 1.165) is 6.08 Å². The molecule has 7 heteroatoms. The largest absolute Gasteiger partial charge is 0.454 e. The van der Waals surface area contributed by atoms with Gasteiger partial charge in [0.05, 0.1) is 11.6 Å². The topological polar surface area (TPSA) is 43.1 Å². The molecule has 0 radical (unpaired) electrons. The highest BCUT2D eigenvalue weighted by molar-refractivity contribution is 6.02. The smallest absolute Gasteiger partial charge is 0.322 e. The Bertz CT molecular complexity index is 426. The van der Waals surface area contributed by atoms with Crippen LogP contribution in [0.5, 0.6) is 0 Å². The van der Waals surface area contributed by atoms with E-state index in [0.29, 0.717) is 12.5 Å². The molecule has 2 atom stereocenters. The van der Waals surface area contributed by atoms with E-state index in [-0.39, 0.29) is 6.42 Å². The van der Waals surface area contributed by atoms with Crippen LogP contribution in [0.1, 0.15) is 26.2 Å². The lowest BCUT2D eigenvalue weighted by Crippen LogP contribution is -2.50. The van der Waals surface area contributed by atoms with E-state index in [4.69, 9.17) is 5.73 Å². The number of carbonyl (C=O) groups excluding carboxylic acids is 1. The molecular weight excluding hydrogens is 269 g/mol. The molecular formula is C12H14F5NO. The van der Waals surface area contributed by atoms with E-state index in [9.17, 15) is 26.7 Å². The third-order valence-electron chi connectivity index (χ3n) is 3.01. The molecule has 2 unspecified atom stereocenters. The molecule has 2 N–H and O–H groups in total. The van der Waals surface area contributed by atoms with Gasteiger partial charge < -0.3 is 5.73 Å². The molecule has 0 fully saturated rings. The minimum absolute atomic E-state index is 0.194. The predicted octanol–water partition coefficient (Wildman–Crippen LogP) is 3.14. The molecule has 0 aromatic carbocycles. The number of Topliss-reactive ketones (excluding diaryl/α,β-unsaturated/α-hetero) is 1. The van der Waals surface area contributed by atoms with Crippen LogP contribution in [0.15, 0.2) is 23.6 Å². The minimum Gasteiger partial charge on any atom is -0.322 e. The van der Waals surface area contributed by atoms with Crippen LogP contribution in [0.3, 0.4) is 0 Å². The lowest BCUT2D eigenvalue weighted by Gasteiger charge is -2.34. The molecule has 1 rings (SSSR count). The van der Waals surface area contributed by atoms with Crippen molar-refractivity contribution in [2.24, 2.45) is 5.73 Å². The highest BCUT2D eigenvalue weighted by Crippen LogP contribution is 2.40. The highest BCUT2D eigenvalue weighted by atomic mass is 19.4. The van der Waals surface area contributed by atoms with Gasteiger partial charge in [0.15, 0.2) is 5.67 Å². The van der Waals surface area contributed by atoms with Crippen LogP contribution in [-0.2, 0) is 4.79 Å². The third kappa shape index (κ3) is 3.02. The quantitative estimate of drug-likeness (QED) is 0.805. The maximum Gasteiger partial charge on any atom is 0.454 e. The Morgan fingerprint density at radius 2 is 2.05 bits per heavy atom. The number of carbonyl (C=O) groups is 1. The van der Waals surface area contributed by atoms with E-state index < -0.39 is 41.5 Å². The van der Waals surface area contributed by atoms with E-state index >= 15 is 0 Å². The summed E-state index contributed by atoms with van der Waals surface area (Å²) in [6.45, 7) is 1.69. The molecule has 1 aliphatic rings. The summed E-state index contributed by atoms with van der Waals surface area (Å²) in [5, 5.41) is 0. The number of allylic oxidation sites excluding steroid dienone is 2. The van der Waals surface area contributed by atoms with Crippen molar-refractivity contribution in [3.05, 3.63) is 23.6 Å². The van der Waals surface area contributed by atoms with Gasteiger partial charge in [0.25, 0.3) is 5.78 Å². The fourth-order valence-electron chi connectivity index (χ4n) is 1.95. The van der Waals surface area contributed by atoms with Gasteiger partial charge in [0, 0.05) is 0 Å². The van der Waals surface area contributed by atoms with Gasteiger partial charge in [-0.25, -0.2) is 8.78 Å². The summed E-state index contributed by atoms with van der Waals surface area (Å²) in [6.07, 6.45) is -3.55. The SMILES string of the molecule is CCCCC1(F)C(C(=O)C(F)(F)F)=C(F)C=CC1N.